The fraction of sp³-hybridized carbons (Fsp3) is 0.571. The lowest BCUT2D eigenvalue weighted by molar-refractivity contribution is 0.113. The molecule has 0 bridgehead atoms. The van der Waals surface area contributed by atoms with Gasteiger partial charge in [0.1, 0.15) is 5.75 Å². The zero-order valence-electron chi connectivity index (χ0n) is 11.0. The van der Waals surface area contributed by atoms with Crippen LogP contribution >= 0.6 is 0 Å². The van der Waals surface area contributed by atoms with E-state index in [-0.39, 0.29) is 0 Å². The Morgan fingerprint density at radius 3 is 2.59 bits per heavy atom. The molecule has 0 spiro atoms. The van der Waals surface area contributed by atoms with Crippen LogP contribution in [-0.4, -0.2) is 36.8 Å². The summed E-state index contributed by atoms with van der Waals surface area (Å²) in [4.78, 5) is 2.25. The number of methoxy groups -OCH3 is 1. The first kappa shape index (κ1) is 14.0. The van der Waals surface area contributed by atoms with Crippen molar-refractivity contribution in [2.24, 2.45) is 0 Å². The van der Waals surface area contributed by atoms with Gasteiger partial charge in [0, 0.05) is 12.1 Å². The Morgan fingerprint density at radius 2 is 2.00 bits per heavy atom. The molecule has 3 nitrogen and oxygen atoms in total. The number of rotatable bonds is 7. The van der Waals surface area contributed by atoms with Crippen molar-refractivity contribution in [3.63, 3.8) is 0 Å². The third-order valence-electron chi connectivity index (χ3n) is 2.92. The minimum absolute atomic E-state index is 0.488. The average Bonchev–Trinajstić information content (AvgIpc) is 2.38. The quantitative estimate of drug-likeness (QED) is 0.790. The normalized spacial score (nSPS) is 12.8. The molecule has 0 aliphatic carbocycles. The number of hydrogen-bond acceptors (Lipinski definition) is 3. The number of aliphatic hydroxyl groups excluding tert-OH is 1. The van der Waals surface area contributed by atoms with Crippen LogP contribution in [0.25, 0.3) is 0 Å². The smallest absolute Gasteiger partial charge is 0.124 e. The number of nitrogens with zero attached hydrogens (tertiary/aromatic N) is 1. The second-order valence-electron chi connectivity index (χ2n) is 4.15. The Bertz CT molecular complexity index is 328. The van der Waals surface area contributed by atoms with E-state index >= 15 is 0 Å². The van der Waals surface area contributed by atoms with Crippen LogP contribution in [0.2, 0.25) is 0 Å². The largest absolute Gasteiger partial charge is 0.496 e. The van der Waals surface area contributed by atoms with Gasteiger partial charge in [-0.25, -0.2) is 0 Å². The maximum Gasteiger partial charge on any atom is 0.124 e. The highest BCUT2D eigenvalue weighted by atomic mass is 16.5. The molecule has 1 atom stereocenters. The van der Waals surface area contributed by atoms with Gasteiger partial charge in [0.05, 0.1) is 13.2 Å². The molecule has 1 rings (SSSR count). The van der Waals surface area contributed by atoms with Gasteiger partial charge in [-0.3, -0.25) is 0 Å². The van der Waals surface area contributed by atoms with Crippen LogP contribution in [0.3, 0.4) is 0 Å². The Kier molecular flexibility index (Phi) is 6.01. The van der Waals surface area contributed by atoms with Crippen LogP contribution in [0, 0.1) is 0 Å². The van der Waals surface area contributed by atoms with Crippen LogP contribution in [0.15, 0.2) is 24.3 Å². The van der Waals surface area contributed by atoms with Crippen molar-refractivity contribution in [2.45, 2.75) is 26.4 Å². The first-order valence-electron chi connectivity index (χ1n) is 6.26. The lowest BCUT2D eigenvalue weighted by Crippen LogP contribution is -2.29. The van der Waals surface area contributed by atoms with Gasteiger partial charge in [-0.15, -0.1) is 0 Å². The van der Waals surface area contributed by atoms with Crippen molar-refractivity contribution >= 4 is 0 Å². The van der Waals surface area contributed by atoms with Gasteiger partial charge in [0.2, 0.25) is 0 Å². The standard InChI is InChI=1S/C14H23NO2/c1-4-10-15(5-2)11-13(16)12-8-6-7-9-14(12)17-3/h6-9,13,16H,4-5,10-11H2,1-3H3. The highest BCUT2D eigenvalue weighted by Crippen LogP contribution is 2.25. The molecule has 0 aliphatic rings. The molecule has 0 radical (unpaired) electrons. The molecule has 1 unspecified atom stereocenters. The fourth-order valence-electron chi connectivity index (χ4n) is 1.98. The van der Waals surface area contributed by atoms with E-state index in [1.54, 1.807) is 7.11 Å². The van der Waals surface area contributed by atoms with Crippen LogP contribution in [-0.2, 0) is 0 Å². The monoisotopic (exact) mass is 237 g/mol. The van der Waals surface area contributed by atoms with E-state index in [0.717, 1.165) is 30.8 Å². The van der Waals surface area contributed by atoms with Crippen LogP contribution in [0.1, 0.15) is 31.9 Å². The van der Waals surface area contributed by atoms with Crippen LogP contribution < -0.4 is 4.74 Å². The highest BCUT2D eigenvalue weighted by molar-refractivity contribution is 5.35. The predicted molar refractivity (Wildman–Crippen MR) is 70.4 cm³/mol. The molecule has 3 heteroatoms. The zero-order chi connectivity index (χ0) is 12.7. The second-order valence-corrected chi connectivity index (χ2v) is 4.15. The minimum atomic E-state index is -0.488. The van der Waals surface area contributed by atoms with Crippen molar-refractivity contribution in [1.82, 2.24) is 4.90 Å². The Balaban J connectivity index is 2.71. The molecule has 0 aliphatic heterocycles. The molecule has 0 heterocycles. The summed E-state index contributed by atoms with van der Waals surface area (Å²) in [5.41, 5.74) is 0.865. The summed E-state index contributed by atoms with van der Waals surface area (Å²) >= 11 is 0. The predicted octanol–water partition coefficient (Wildman–Crippen LogP) is 2.46. The number of ether oxygens (including phenoxy) is 1. The molecule has 0 saturated heterocycles. The van der Waals surface area contributed by atoms with E-state index < -0.39 is 6.10 Å². The zero-order valence-corrected chi connectivity index (χ0v) is 11.0. The number of aliphatic hydroxyl groups is 1. The van der Waals surface area contributed by atoms with Crippen molar-refractivity contribution in [3.8, 4) is 5.75 Å². The van der Waals surface area contributed by atoms with E-state index in [0.29, 0.717) is 6.54 Å². The third-order valence-corrected chi connectivity index (χ3v) is 2.92. The molecule has 1 aromatic carbocycles. The van der Waals surface area contributed by atoms with Gasteiger partial charge in [-0.05, 0) is 25.6 Å². The van der Waals surface area contributed by atoms with E-state index in [4.69, 9.17) is 4.74 Å². The SMILES string of the molecule is CCCN(CC)CC(O)c1ccccc1OC. The topological polar surface area (TPSA) is 32.7 Å². The summed E-state index contributed by atoms with van der Waals surface area (Å²) in [6, 6.07) is 7.65. The molecule has 0 saturated carbocycles. The second kappa shape index (κ2) is 7.30. The van der Waals surface area contributed by atoms with Crippen LogP contribution in [0.4, 0.5) is 0 Å². The Hall–Kier alpha value is -1.06. The molecule has 0 aromatic heterocycles. The van der Waals surface area contributed by atoms with E-state index in [1.165, 1.54) is 0 Å². The summed E-state index contributed by atoms with van der Waals surface area (Å²) < 4.78 is 5.26. The van der Waals surface area contributed by atoms with Gasteiger partial charge in [0.25, 0.3) is 0 Å². The first-order valence-corrected chi connectivity index (χ1v) is 6.26. The number of hydrogen-bond donors (Lipinski definition) is 1. The van der Waals surface area contributed by atoms with Crippen molar-refractivity contribution in [3.05, 3.63) is 29.8 Å². The fourth-order valence-corrected chi connectivity index (χ4v) is 1.98. The lowest BCUT2D eigenvalue weighted by atomic mass is 10.1. The molecule has 0 amide bonds. The van der Waals surface area contributed by atoms with Gasteiger partial charge in [-0.1, -0.05) is 32.0 Å². The molecule has 1 N–H and O–H groups in total. The molecular weight excluding hydrogens is 214 g/mol. The molecule has 0 fully saturated rings. The van der Waals surface area contributed by atoms with Crippen molar-refractivity contribution in [1.29, 1.82) is 0 Å². The van der Waals surface area contributed by atoms with Crippen molar-refractivity contribution in [2.75, 3.05) is 26.7 Å². The average molecular weight is 237 g/mol. The van der Waals surface area contributed by atoms with Gasteiger partial charge < -0.3 is 14.7 Å². The maximum atomic E-state index is 10.2. The van der Waals surface area contributed by atoms with Gasteiger partial charge in [0.15, 0.2) is 0 Å². The molecule has 17 heavy (non-hydrogen) atoms. The molecule has 96 valence electrons. The molecular formula is C14H23NO2. The lowest BCUT2D eigenvalue weighted by Gasteiger charge is -2.24. The number of para-hydroxylation sites is 1. The maximum absolute atomic E-state index is 10.2. The number of likely N-dealkylation sites (N-methyl/N-ethyl adjacent to an activating group) is 1. The van der Waals surface area contributed by atoms with Gasteiger partial charge in [-0.2, -0.15) is 0 Å². The highest BCUT2D eigenvalue weighted by Gasteiger charge is 2.15. The molecule has 1 aromatic rings. The minimum Gasteiger partial charge on any atom is -0.496 e. The van der Waals surface area contributed by atoms with E-state index in [2.05, 4.69) is 18.7 Å². The first-order chi connectivity index (χ1) is 8.22. The van der Waals surface area contributed by atoms with E-state index in [1.807, 2.05) is 24.3 Å². The van der Waals surface area contributed by atoms with Gasteiger partial charge >= 0.3 is 0 Å². The van der Waals surface area contributed by atoms with Crippen molar-refractivity contribution < 1.29 is 9.84 Å². The summed E-state index contributed by atoms with van der Waals surface area (Å²) in [7, 11) is 1.63. The Morgan fingerprint density at radius 1 is 1.29 bits per heavy atom. The third kappa shape index (κ3) is 4.02. The Labute approximate surface area is 104 Å². The summed E-state index contributed by atoms with van der Waals surface area (Å²) in [5, 5.41) is 10.2. The number of benzene rings is 1. The summed E-state index contributed by atoms with van der Waals surface area (Å²) in [6.07, 6.45) is 0.615. The summed E-state index contributed by atoms with van der Waals surface area (Å²) in [6.45, 7) is 6.90. The summed E-state index contributed by atoms with van der Waals surface area (Å²) in [5.74, 6) is 0.757. The van der Waals surface area contributed by atoms with E-state index in [9.17, 15) is 5.11 Å². The van der Waals surface area contributed by atoms with Crippen LogP contribution in [0.5, 0.6) is 5.75 Å².